The SMILES string of the molecule is Cc1c(CCC=O)n2c(cc1=O)Cc1cc3ccccc3nc1-2. The lowest BCUT2D eigenvalue weighted by Crippen LogP contribution is -2.17. The zero-order chi connectivity index (χ0) is 16.0. The third kappa shape index (κ3) is 2.10. The Balaban J connectivity index is 2.00. The van der Waals surface area contributed by atoms with Crippen LogP contribution in [0.15, 0.2) is 41.2 Å². The molecule has 1 aliphatic rings. The highest BCUT2D eigenvalue weighted by molar-refractivity contribution is 5.81. The lowest BCUT2D eigenvalue weighted by atomic mass is 10.1. The molecule has 0 spiro atoms. The maximum atomic E-state index is 12.2. The minimum Gasteiger partial charge on any atom is -0.303 e. The van der Waals surface area contributed by atoms with Gasteiger partial charge in [0, 0.05) is 46.8 Å². The van der Waals surface area contributed by atoms with Crippen molar-refractivity contribution in [3.05, 3.63) is 69.1 Å². The van der Waals surface area contributed by atoms with Crippen molar-refractivity contribution in [2.75, 3.05) is 0 Å². The summed E-state index contributed by atoms with van der Waals surface area (Å²) in [6, 6.07) is 11.9. The van der Waals surface area contributed by atoms with E-state index in [-0.39, 0.29) is 5.43 Å². The van der Waals surface area contributed by atoms with Gasteiger partial charge in [-0.25, -0.2) is 4.98 Å². The number of aromatic nitrogens is 2. The van der Waals surface area contributed by atoms with Crippen LogP contribution in [0.1, 0.15) is 28.9 Å². The number of aldehydes is 1. The number of hydrogen-bond acceptors (Lipinski definition) is 3. The molecule has 0 saturated heterocycles. The van der Waals surface area contributed by atoms with Gasteiger partial charge in [-0.3, -0.25) is 4.79 Å². The van der Waals surface area contributed by atoms with Gasteiger partial charge in [-0.05, 0) is 25.5 Å². The minimum absolute atomic E-state index is 0.0366. The number of rotatable bonds is 3. The van der Waals surface area contributed by atoms with Crippen LogP contribution in [0.2, 0.25) is 0 Å². The molecule has 114 valence electrons. The summed E-state index contributed by atoms with van der Waals surface area (Å²) in [7, 11) is 0. The topological polar surface area (TPSA) is 52.0 Å². The van der Waals surface area contributed by atoms with E-state index in [0.29, 0.717) is 24.8 Å². The molecule has 3 aromatic rings. The van der Waals surface area contributed by atoms with Gasteiger partial charge in [0.15, 0.2) is 5.43 Å². The van der Waals surface area contributed by atoms with E-state index in [2.05, 4.69) is 10.6 Å². The molecule has 4 rings (SSSR count). The molecule has 0 bridgehead atoms. The van der Waals surface area contributed by atoms with Crippen molar-refractivity contribution in [2.45, 2.75) is 26.2 Å². The van der Waals surface area contributed by atoms with Crippen molar-refractivity contribution in [3.63, 3.8) is 0 Å². The van der Waals surface area contributed by atoms with Gasteiger partial charge in [-0.2, -0.15) is 0 Å². The summed E-state index contributed by atoms with van der Waals surface area (Å²) < 4.78 is 2.07. The third-order valence-corrected chi connectivity index (χ3v) is 4.52. The predicted octanol–water partition coefficient (Wildman–Crippen LogP) is 2.73. The molecule has 23 heavy (non-hydrogen) atoms. The molecule has 0 atom stereocenters. The summed E-state index contributed by atoms with van der Waals surface area (Å²) in [6.07, 6.45) is 2.57. The van der Waals surface area contributed by atoms with E-state index in [4.69, 9.17) is 4.98 Å². The van der Waals surface area contributed by atoms with Gasteiger partial charge in [0.25, 0.3) is 0 Å². The quantitative estimate of drug-likeness (QED) is 0.547. The lowest BCUT2D eigenvalue weighted by molar-refractivity contribution is -0.107. The summed E-state index contributed by atoms with van der Waals surface area (Å²) in [5.74, 6) is 0.891. The fraction of sp³-hybridized carbons (Fsp3) is 0.211. The predicted molar refractivity (Wildman–Crippen MR) is 89.3 cm³/mol. The van der Waals surface area contributed by atoms with Crippen molar-refractivity contribution >= 4 is 17.2 Å². The normalized spacial score (nSPS) is 12.2. The fourth-order valence-electron chi connectivity index (χ4n) is 3.36. The van der Waals surface area contributed by atoms with Crippen LogP contribution in [-0.2, 0) is 17.6 Å². The molecular weight excluding hydrogens is 288 g/mol. The van der Waals surface area contributed by atoms with Crippen LogP contribution in [0.4, 0.5) is 0 Å². The number of nitrogens with zero attached hydrogens (tertiary/aromatic N) is 2. The van der Waals surface area contributed by atoms with Gasteiger partial charge in [0.1, 0.15) is 12.1 Å². The number of carbonyl (C=O) groups is 1. The lowest BCUT2D eigenvalue weighted by Gasteiger charge is -2.15. The highest BCUT2D eigenvalue weighted by Crippen LogP contribution is 2.30. The first-order valence-corrected chi connectivity index (χ1v) is 7.76. The van der Waals surface area contributed by atoms with Gasteiger partial charge < -0.3 is 9.36 Å². The van der Waals surface area contributed by atoms with Crippen LogP contribution >= 0.6 is 0 Å². The highest BCUT2D eigenvalue weighted by Gasteiger charge is 2.24. The minimum atomic E-state index is 0.0366. The van der Waals surface area contributed by atoms with Crippen molar-refractivity contribution < 1.29 is 4.79 Å². The second-order valence-corrected chi connectivity index (χ2v) is 5.95. The average Bonchev–Trinajstić information content (AvgIpc) is 2.90. The second kappa shape index (κ2) is 5.16. The standard InChI is InChI=1S/C19H16N2O2/c1-12-17(7-4-8-22)21-15(11-18(12)23)10-14-9-13-5-2-3-6-16(13)20-19(14)21/h2-3,5-6,8-9,11H,4,7,10H2,1H3. The summed E-state index contributed by atoms with van der Waals surface area (Å²) in [5.41, 5.74) is 4.67. The van der Waals surface area contributed by atoms with E-state index in [0.717, 1.165) is 40.0 Å². The average molecular weight is 304 g/mol. The molecule has 0 aliphatic carbocycles. The third-order valence-electron chi connectivity index (χ3n) is 4.52. The van der Waals surface area contributed by atoms with E-state index in [1.165, 1.54) is 0 Å². The van der Waals surface area contributed by atoms with Crippen LogP contribution in [0.25, 0.3) is 16.7 Å². The molecule has 2 aromatic heterocycles. The number of benzene rings is 1. The molecule has 0 unspecified atom stereocenters. The number of hydrogen-bond donors (Lipinski definition) is 0. The van der Waals surface area contributed by atoms with Crippen molar-refractivity contribution in [3.8, 4) is 5.82 Å². The van der Waals surface area contributed by atoms with E-state index < -0.39 is 0 Å². The van der Waals surface area contributed by atoms with Gasteiger partial charge in [-0.15, -0.1) is 0 Å². The van der Waals surface area contributed by atoms with E-state index >= 15 is 0 Å². The first kappa shape index (κ1) is 13.9. The summed E-state index contributed by atoms with van der Waals surface area (Å²) in [4.78, 5) is 27.8. The molecule has 1 aromatic carbocycles. The fourth-order valence-corrected chi connectivity index (χ4v) is 3.36. The largest absolute Gasteiger partial charge is 0.303 e. The van der Waals surface area contributed by atoms with Gasteiger partial charge in [0.2, 0.25) is 0 Å². The van der Waals surface area contributed by atoms with Gasteiger partial charge in [0.05, 0.1) is 5.52 Å². The smallest absolute Gasteiger partial charge is 0.185 e. The Morgan fingerprint density at radius 1 is 1.26 bits per heavy atom. The molecular formula is C19H16N2O2. The maximum Gasteiger partial charge on any atom is 0.185 e. The van der Waals surface area contributed by atoms with Crippen LogP contribution < -0.4 is 5.43 Å². The Bertz CT molecular complexity index is 1000. The molecule has 0 radical (unpaired) electrons. The zero-order valence-electron chi connectivity index (χ0n) is 12.9. The Morgan fingerprint density at radius 3 is 2.91 bits per heavy atom. The van der Waals surface area contributed by atoms with Gasteiger partial charge >= 0.3 is 0 Å². The summed E-state index contributed by atoms with van der Waals surface area (Å²) >= 11 is 0. The molecule has 4 heteroatoms. The molecule has 3 heterocycles. The Labute approximate surface area is 133 Å². The van der Waals surface area contributed by atoms with E-state index in [9.17, 15) is 9.59 Å². The zero-order valence-corrected chi connectivity index (χ0v) is 12.9. The maximum absolute atomic E-state index is 12.2. The van der Waals surface area contributed by atoms with E-state index in [1.807, 2.05) is 31.2 Å². The Morgan fingerprint density at radius 2 is 2.09 bits per heavy atom. The molecule has 1 aliphatic heterocycles. The van der Waals surface area contributed by atoms with Crippen LogP contribution in [0.3, 0.4) is 0 Å². The first-order valence-electron chi connectivity index (χ1n) is 7.76. The number of para-hydroxylation sites is 1. The summed E-state index contributed by atoms with van der Waals surface area (Å²) in [5, 5.41) is 1.10. The Hall–Kier alpha value is -2.75. The monoisotopic (exact) mass is 304 g/mol. The second-order valence-electron chi connectivity index (χ2n) is 5.95. The molecule has 4 nitrogen and oxygen atoms in total. The molecule has 0 saturated carbocycles. The number of fused-ring (bicyclic) bond motifs is 4. The van der Waals surface area contributed by atoms with Crippen molar-refractivity contribution in [1.82, 2.24) is 9.55 Å². The summed E-state index contributed by atoms with van der Waals surface area (Å²) in [6.45, 7) is 1.83. The molecule has 0 amide bonds. The van der Waals surface area contributed by atoms with E-state index in [1.54, 1.807) is 6.07 Å². The van der Waals surface area contributed by atoms with Crippen LogP contribution in [-0.4, -0.2) is 15.8 Å². The van der Waals surface area contributed by atoms with Crippen LogP contribution in [0.5, 0.6) is 0 Å². The van der Waals surface area contributed by atoms with Crippen molar-refractivity contribution in [2.24, 2.45) is 0 Å². The number of carbonyl (C=O) groups excluding carboxylic acids is 1. The molecule has 0 N–H and O–H groups in total. The highest BCUT2D eigenvalue weighted by atomic mass is 16.1. The Kier molecular flexibility index (Phi) is 3.11. The first-order chi connectivity index (χ1) is 11.2. The van der Waals surface area contributed by atoms with Crippen molar-refractivity contribution in [1.29, 1.82) is 0 Å². The number of pyridine rings is 2. The van der Waals surface area contributed by atoms with Crippen LogP contribution in [0, 0.1) is 6.92 Å². The van der Waals surface area contributed by atoms with Gasteiger partial charge in [-0.1, -0.05) is 18.2 Å². The molecule has 0 fully saturated rings.